The van der Waals surface area contributed by atoms with E-state index in [1.54, 1.807) is 0 Å². The molecule has 14 rings (SSSR count). The SMILES string of the molecule is Cc1cccc2c1nc1n(-c3ccc4c(c3)n3c5cccc(C)c5nc3n4-c3cccc([Si](c4ccccc4)(c4ccccc4)c4cccc5c4Oc4ccccc4C5(C)C)c3)c3ccccc3n21. The monoisotopic (exact) mass is 906 g/mol. The molecule has 4 aromatic heterocycles. The van der Waals surface area contributed by atoms with E-state index in [0.717, 1.165) is 89.7 Å². The Labute approximate surface area is 399 Å². The standard InChI is InChI=1S/C61H46N6OSi/c1-39-19-15-31-51-56(39)62-59-65(48-29-12-13-30-49(48)66(51)59)42-35-36-50-53(38-42)67-52-32-16-20-40(2)57(52)63-60(67)64(50)41-21-17-26-45(37-41)69(43-22-7-5-8-23-43,44-24-9-6-10-25-44)55-34-18-28-47-58(55)68-54-33-14-11-27-46(54)61(47,3)4/h5-38H,1-4H3. The minimum Gasteiger partial charge on any atom is -0.457 e. The van der Waals surface area contributed by atoms with Crippen molar-refractivity contribution < 1.29 is 4.74 Å². The molecular weight excluding hydrogens is 861 g/mol. The van der Waals surface area contributed by atoms with Gasteiger partial charge in [0.05, 0.1) is 49.8 Å². The van der Waals surface area contributed by atoms with E-state index in [9.17, 15) is 0 Å². The number of imidazole rings is 4. The van der Waals surface area contributed by atoms with Gasteiger partial charge < -0.3 is 4.74 Å². The molecule has 9 aromatic carbocycles. The van der Waals surface area contributed by atoms with Crippen LogP contribution in [-0.2, 0) is 5.41 Å². The Morgan fingerprint density at radius 2 is 0.928 bits per heavy atom. The van der Waals surface area contributed by atoms with Crippen molar-refractivity contribution in [3.63, 3.8) is 0 Å². The van der Waals surface area contributed by atoms with E-state index in [1.807, 2.05) is 0 Å². The number of hydrogen-bond donors (Lipinski definition) is 0. The molecule has 0 radical (unpaired) electrons. The normalized spacial score (nSPS) is 13.4. The number of hydrogen-bond acceptors (Lipinski definition) is 3. The number of aromatic nitrogens is 6. The molecule has 0 N–H and O–H groups in total. The van der Waals surface area contributed by atoms with Gasteiger partial charge in [-0.25, -0.2) is 9.97 Å². The number of benzene rings is 9. The van der Waals surface area contributed by atoms with E-state index in [4.69, 9.17) is 14.7 Å². The predicted octanol–water partition coefficient (Wildman–Crippen LogP) is 11.6. The molecule has 0 fully saturated rings. The highest BCUT2D eigenvalue weighted by Gasteiger charge is 2.47. The Kier molecular flexibility index (Phi) is 8.35. The van der Waals surface area contributed by atoms with Crippen LogP contribution in [0.4, 0.5) is 0 Å². The second-order valence-electron chi connectivity index (χ2n) is 19.2. The van der Waals surface area contributed by atoms with Crippen LogP contribution < -0.4 is 25.5 Å². The summed E-state index contributed by atoms with van der Waals surface area (Å²) in [5.74, 6) is 3.61. The van der Waals surface area contributed by atoms with Crippen molar-refractivity contribution in [2.24, 2.45) is 0 Å². The van der Waals surface area contributed by atoms with E-state index in [2.05, 4.69) is 252 Å². The predicted molar refractivity (Wildman–Crippen MR) is 284 cm³/mol. The second kappa shape index (κ2) is 14.5. The lowest BCUT2D eigenvalue weighted by molar-refractivity contribution is 0.421. The third-order valence-corrected chi connectivity index (χ3v) is 19.8. The fourth-order valence-electron chi connectivity index (χ4n) is 11.8. The minimum absolute atomic E-state index is 0.284. The summed E-state index contributed by atoms with van der Waals surface area (Å²) in [7, 11) is -3.18. The van der Waals surface area contributed by atoms with Gasteiger partial charge in [0.1, 0.15) is 11.5 Å². The van der Waals surface area contributed by atoms with E-state index in [1.165, 1.54) is 31.9 Å². The molecule has 0 atom stereocenters. The van der Waals surface area contributed by atoms with Crippen LogP contribution >= 0.6 is 0 Å². The molecule has 69 heavy (non-hydrogen) atoms. The maximum atomic E-state index is 7.20. The van der Waals surface area contributed by atoms with Crippen LogP contribution in [0.15, 0.2) is 206 Å². The summed E-state index contributed by atoms with van der Waals surface area (Å²) in [6.07, 6.45) is 0. The lowest BCUT2D eigenvalue weighted by atomic mass is 9.76. The second-order valence-corrected chi connectivity index (χ2v) is 22.9. The van der Waals surface area contributed by atoms with Crippen LogP contribution in [0.25, 0.3) is 67.1 Å². The molecule has 0 spiro atoms. The summed E-state index contributed by atoms with van der Waals surface area (Å²) in [6, 6.07) is 75.4. The van der Waals surface area contributed by atoms with Gasteiger partial charge in [-0.2, -0.15) is 0 Å². The molecule has 0 bridgehead atoms. The topological polar surface area (TPSA) is 53.7 Å². The van der Waals surface area contributed by atoms with Crippen LogP contribution in [0, 0.1) is 13.8 Å². The molecule has 1 aliphatic heterocycles. The van der Waals surface area contributed by atoms with Crippen molar-refractivity contribution in [2.75, 3.05) is 0 Å². The first kappa shape index (κ1) is 39.7. The largest absolute Gasteiger partial charge is 0.457 e. The zero-order chi connectivity index (χ0) is 46.2. The Morgan fingerprint density at radius 3 is 1.61 bits per heavy atom. The van der Waals surface area contributed by atoms with Gasteiger partial charge >= 0.3 is 0 Å². The maximum Gasteiger partial charge on any atom is 0.220 e. The van der Waals surface area contributed by atoms with Gasteiger partial charge in [-0.1, -0.05) is 159 Å². The zero-order valence-electron chi connectivity index (χ0n) is 38.7. The zero-order valence-corrected chi connectivity index (χ0v) is 39.7. The average molecular weight is 907 g/mol. The molecule has 330 valence electrons. The van der Waals surface area contributed by atoms with Crippen molar-refractivity contribution in [3.8, 4) is 22.9 Å². The van der Waals surface area contributed by atoms with E-state index >= 15 is 0 Å². The molecule has 1 aliphatic rings. The Bertz CT molecular complexity index is 4190. The van der Waals surface area contributed by atoms with Gasteiger partial charge in [0.15, 0.2) is 8.07 Å². The smallest absolute Gasteiger partial charge is 0.220 e. The van der Waals surface area contributed by atoms with E-state index in [-0.39, 0.29) is 5.41 Å². The average Bonchev–Trinajstić information content (AvgIpc) is 4.13. The van der Waals surface area contributed by atoms with Gasteiger partial charge in [-0.15, -0.1) is 0 Å². The van der Waals surface area contributed by atoms with Crippen LogP contribution in [0.1, 0.15) is 36.1 Å². The number of para-hydroxylation sites is 6. The summed E-state index contributed by atoms with van der Waals surface area (Å²) >= 11 is 0. The lowest BCUT2D eigenvalue weighted by Gasteiger charge is -2.40. The molecule has 0 unspecified atom stereocenters. The Hall–Kier alpha value is -8.46. The minimum atomic E-state index is -3.18. The third-order valence-electron chi connectivity index (χ3n) is 15.0. The molecule has 13 aromatic rings. The first-order valence-corrected chi connectivity index (χ1v) is 25.8. The summed E-state index contributed by atoms with van der Waals surface area (Å²) in [6.45, 7) is 8.95. The van der Waals surface area contributed by atoms with Gasteiger partial charge in [-0.05, 0) is 106 Å². The highest BCUT2D eigenvalue weighted by Crippen LogP contribution is 2.47. The highest BCUT2D eigenvalue weighted by molar-refractivity contribution is 7.20. The molecule has 0 saturated carbocycles. The van der Waals surface area contributed by atoms with E-state index in [0.29, 0.717) is 0 Å². The van der Waals surface area contributed by atoms with Gasteiger partial charge in [0.2, 0.25) is 11.6 Å². The van der Waals surface area contributed by atoms with Crippen molar-refractivity contribution in [1.82, 2.24) is 27.9 Å². The van der Waals surface area contributed by atoms with Gasteiger partial charge in [0, 0.05) is 22.2 Å². The van der Waals surface area contributed by atoms with Crippen LogP contribution in [0.3, 0.4) is 0 Å². The van der Waals surface area contributed by atoms with Crippen molar-refractivity contribution in [2.45, 2.75) is 33.1 Å². The first-order valence-electron chi connectivity index (χ1n) is 23.8. The third kappa shape index (κ3) is 5.43. The van der Waals surface area contributed by atoms with Crippen LogP contribution in [0.2, 0.25) is 0 Å². The quantitative estimate of drug-likeness (QED) is 0.123. The summed E-state index contributed by atoms with van der Waals surface area (Å²) in [5.41, 5.74) is 15.0. The summed E-state index contributed by atoms with van der Waals surface area (Å²) in [5, 5.41) is 5.03. The summed E-state index contributed by atoms with van der Waals surface area (Å²) in [4.78, 5) is 10.8. The van der Waals surface area contributed by atoms with Gasteiger partial charge in [-0.3, -0.25) is 17.9 Å². The molecule has 8 heteroatoms. The molecule has 0 aliphatic carbocycles. The number of fused-ring (bicyclic) bond motifs is 12. The molecule has 0 amide bonds. The Balaban J connectivity index is 1.05. The fraction of sp³-hybridized carbons (Fsp3) is 0.0820. The lowest BCUT2D eigenvalue weighted by Crippen LogP contribution is -2.75. The fourth-order valence-corrected chi connectivity index (χ4v) is 16.7. The number of rotatable bonds is 6. The molecule has 0 saturated heterocycles. The van der Waals surface area contributed by atoms with Crippen LogP contribution in [-0.4, -0.2) is 36.0 Å². The highest BCUT2D eigenvalue weighted by atomic mass is 28.3. The van der Waals surface area contributed by atoms with Crippen molar-refractivity contribution in [3.05, 3.63) is 229 Å². The number of aryl methyl sites for hydroxylation is 2. The van der Waals surface area contributed by atoms with Crippen LogP contribution in [0.5, 0.6) is 11.5 Å². The van der Waals surface area contributed by atoms with E-state index < -0.39 is 8.07 Å². The number of ether oxygens (including phenoxy) is 1. The number of nitrogens with zero attached hydrogens (tertiary/aromatic N) is 6. The Morgan fingerprint density at radius 1 is 0.420 bits per heavy atom. The van der Waals surface area contributed by atoms with Crippen molar-refractivity contribution >= 4 is 84.5 Å². The molecule has 7 nitrogen and oxygen atoms in total. The van der Waals surface area contributed by atoms with Crippen molar-refractivity contribution in [1.29, 1.82) is 0 Å². The molecular formula is C61H46N6OSi. The maximum absolute atomic E-state index is 7.20. The molecule has 5 heterocycles. The van der Waals surface area contributed by atoms with Gasteiger partial charge in [0.25, 0.3) is 0 Å². The summed E-state index contributed by atoms with van der Waals surface area (Å²) < 4.78 is 16.5. The first-order chi connectivity index (χ1) is 33.8.